The highest BCUT2D eigenvalue weighted by molar-refractivity contribution is 8.18. The Hall–Kier alpha value is -2.49. The molecule has 1 aromatic rings. The van der Waals surface area contributed by atoms with E-state index in [2.05, 4.69) is 0 Å². The molecule has 1 aliphatic heterocycles. The van der Waals surface area contributed by atoms with E-state index >= 15 is 0 Å². The van der Waals surface area contributed by atoms with E-state index in [1.54, 1.807) is 6.92 Å². The SMILES string of the molecule is CCOC(=O)CCCN1C(=O)S/C(=C\c2ccc(O)c(C(F)(F)F)c2)C1=O. The minimum atomic E-state index is -4.75. The van der Waals surface area contributed by atoms with E-state index in [0.29, 0.717) is 17.8 Å². The predicted molar refractivity (Wildman–Crippen MR) is 91.7 cm³/mol. The maximum Gasteiger partial charge on any atom is 0.419 e. The van der Waals surface area contributed by atoms with E-state index < -0.39 is 34.6 Å². The molecule has 0 unspecified atom stereocenters. The lowest BCUT2D eigenvalue weighted by Crippen LogP contribution is -2.29. The summed E-state index contributed by atoms with van der Waals surface area (Å²) in [6.45, 7) is 1.90. The molecule has 2 rings (SSSR count). The molecule has 0 aliphatic carbocycles. The van der Waals surface area contributed by atoms with Gasteiger partial charge in [0, 0.05) is 13.0 Å². The van der Waals surface area contributed by atoms with Crippen molar-refractivity contribution in [2.24, 2.45) is 0 Å². The number of thioether (sulfide) groups is 1. The number of phenolic OH excluding ortho intramolecular Hbond substituents is 1. The van der Waals surface area contributed by atoms with Crippen LogP contribution in [0.2, 0.25) is 0 Å². The summed E-state index contributed by atoms with van der Waals surface area (Å²) in [7, 11) is 0. The molecule has 0 atom stereocenters. The average Bonchev–Trinajstić information content (AvgIpc) is 2.83. The molecule has 0 spiro atoms. The van der Waals surface area contributed by atoms with Gasteiger partial charge in [0.05, 0.1) is 17.1 Å². The molecule has 0 radical (unpaired) electrons. The van der Waals surface area contributed by atoms with Crippen molar-refractivity contribution in [3.05, 3.63) is 34.2 Å². The molecule has 1 aliphatic rings. The normalized spacial score (nSPS) is 16.3. The number of halogens is 3. The Balaban J connectivity index is 2.11. The summed E-state index contributed by atoms with van der Waals surface area (Å²) in [4.78, 5) is 36.4. The van der Waals surface area contributed by atoms with Gasteiger partial charge in [-0.2, -0.15) is 13.2 Å². The van der Waals surface area contributed by atoms with Gasteiger partial charge in [0.2, 0.25) is 0 Å². The minimum Gasteiger partial charge on any atom is -0.507 e. The lowest BCUT2D eigenvalue weighted by Gasteiger charge is -2.11. The summed E-state index contributed by atoms with van der Waals surface area (Å²) in [5.74, 6) is -2.01. The first-order chi connectivity index (χ1) is 12.6. The highest BCUT2D eigenvalue weighted by Crippen LogP contribution is 2.38. The summed E-state index contributed by atoms with van der Waals surface area (Å²) in [6.07, 6.45) is -3.32. The molecule has 1 saturated heterocycles. The summed E-state index contributed by atoms with van der Waals surface area (Å²) in [5.41, 5.74) is -1.21. The highest BCUT2D eigenvalue weighted by Gasteiger charge is 2.36. The predicted octanol–water partition coefficient (Wildman–Crippen LogP) is 3.79. The van der Waals surface area contributed by atoms with Gasteiger partial charge in [0.1, 0.15) is 5.75 Å². The maximum atomic E-state index is 12.8. The molecule has 0 bridgehead atoms. The standard InChI is InChI=1S/C17H16F3NO5S/c1-2-26-14(23)4-3-7-21-15(24)13(27-16(21)25)9-10-5-6-12(22)11(8-10)17(18,19)20/h5-6,8-9,22H,2-4,7H2,1H3/b13-9-. The lowest BCUT2D eigenvalue weighted by molar-refractivity contribution is -0.143. The Morgan fingerprint density at radius 2 is 2.04 bits per heavy atom. The van der Waals surface area contributed by atoms with Gasteiger partial charge in [-0.15, -0.1) is 0 Å². The molecule has 0 saturated carbocycles. The van der Waals surface area contributed by atoms with E-state index in [9.17, 15) is 32.7 Å². The van der Waals surface area contributed by atoms with Crippen molar-refractivity contribution in [2.75, 3.05) is 13.2 Å². The van der Waals surface area contributed by atoms with Gasteiger partial charge >= 0.3 is 12.1 Å². The first-order valence-electron chi connectivity index (χ1n) is 7.94. The van der Waals surface area contributed by atoms with Crippen LogP contribution >= 0.6 is 11.8 Å². The van der Waals surface area contributed by atoms with Crippen LogP contribution in [0.1, 0.15) is 30.9 Å². The third-order valence-corrected chi connectivity index (χ3v) is 4.47. The van der Waals surface area contributed by atoms with Crippen LogP contribution in [-0.4, -0.2) is 40.3 Å². The number of hydrogen-bond acceptors (Lipinski definition) is 6. The zero-order valence-corrected chi connectivity index (χ0v) is 15.0. The van der Waals surface area contributed by atoms with Crippen molar-refractivity contribution in [2.45, 2.75) is 25.9 Å². The second-order valence-electron chi connectivity index (χ2n) is 5.52. The fourth-order valence-electron chi connectivity index (χ4n) is 2.33. The molecule has 27 heavy (non-hydrogen) atoms. The second-order valence-corrected chi connectivity index (χ2v) is 6.51. The third kappa shape index (κ3) is 5.25. The number of rotatable bonds is 6. The number of esters is 1. The molecule has 1 aromatic carbocycles. The van der Waals surface area contributed by atoms with E-state index in [4.69, 9.17) is 4.74 Å². The number of amides is 2. The van der Waals surface area contributed by atoms with Crippen molar-refractivity contribution in [3.63, 3.8) is 0 Å². The van der Waals surface area contributed by atoms with Gasteiger partial charge in [-0.25, -0.2) is 0 Å². The smallest absolute Gasteiger partial charge is 0.419 e. The second kappa shape index (κ2) is 8.47. The lowest BCUT2D eigenvalue weighted by atomic mass is 10.1. The number of carbonyl (C=O) groups excluding carboxylic acids is 3. The molecule has 1 fully saturated rings. The Labute approximate surface area is 157 Å². The van der Waals surface area contributed by atoms with Crippen molar-refractivity contribution in [1.29, 1.82) is 0 Å². The van der Waals surface area contributed by atoms with Crippen molar-refractivity contribution < 1.29 is 37.4 Å². The Kier molecular flexibility index (Phi) is 6.53. The first-order valence-corrected chi connectivity index (χ1v) is 8.76. The van der Waals surface area contributed by atoms with Gasteiger partial charge in [-0.3, -0.25) is 19.3 Å². The van der Waals surface area contributed by atoms with E-state index in [1.165, 1.54) is 6.07 Å². The van der Waals surface area contributed by atoms with Gasteiger partial charge in [-0.1, -0.05) is 6.07 Å². The van der Waals surface area contributed by atoms with Gasteiger partial charge in [0.25, 0.3) is 11.1 Å². The molecule has 146 valence electrons. The summed E-state index contributed by atoms with van der Waals surface area (Å²) >= 11 is 0.602. The first kappa shape index (κ1) is 20.8. The summed E-state index contributed by atoms with van der Waals surface area (Å²) in [5, 5.41) is 8.77. The van der Waals surface area contributed by atoms with Crippen LogP contribution in [0.5, 0.6) is 5.75 Å². The van der Waals surface area contributed by atoms with Crippen molar-refractivity contribution >= 4 is 35.0 Å². The number of carbonyl (C=O) groups is 3. The number of nitrogens with zero attached hydrogens (tertiary/aromatic N) is 1. The number of ether oxygens (including phenoxy) is 1. The van der Waals surface area contributed by atoms with Crippen LogP contribution in [0, 0.1) is 0 Å². The van der Waals surface area contributed by atoms with E-state index in [-0.39, 0.29) is 36.5 Å². The number of benzene rings is 1. The van der Waals surface area contributed by atoms with Crippen LogP contribution < -0.4 is 0 Å². The maximum absolute atomic E-state index is 12.8. The summed E-state index contributed by atoms with van der Waals surface area (Å²) < 4.78 is 43.3. The van der Waals surface area contributed by atoms with Crippen molar-refractivity contribution in [3.8, 4) is 5.75 Å². The summed E-state index contributed by atoms with van der Waals surface area (Å²) in [6, 6.07) is 2.78. The van der Waals surface area contributed by atoms with Crippen LogP contribution in [0.15, 0.2) is 23.1 Å². The molecular weight excluding hydrogens is 387 g/mol. The quantitative estimate of drug-likeness (QED) is 0.575. The fraction of sp³-hybridized carbons (Fsp3) is 0.353. The number of aromatic hydroxyl groups is 1. The van der Waals surface area contributed by atoms with Gasteiger partial charge < -0.3 is 9.84 Å². The molecule has 1 heterocycles. The van der Waals surface area contributed by atoms with Crippen LogP contribution in [0.4, 0.5) is 18.0 Å². The van der Waals surface area contributed by atoms with Gasteiger partial charge in [0.15, 0.2) is 0 Å². The Morgan fingerprint density at radius 3 is 2.67 bits per heavy atom. The van der Waals surface area contributed by atoms with E-state index in [1.807, 2.05) is 0 Å². The number of phenols is 1. The Morgan fingerprint density at radius 1 is 1.33 bits per heavy atom. The molecule has 10 heteroatoms. The number of imide groups is 1. The zero-order valence-electron chi connectivity index (χ0n) is 14.2. The number of hydrogen-bond donors (Lipinski definition) is 1. The topological polar surface area (TPSA) is 83.9 Å². The zero-order chi connectivity index (χ0) is 20.2. The molecule has 1 N–H and O–H groups in total. The van der Waals surface area contributed by atoms with Crippen LogP contribution in [0.3, 0.4) is 0 Å². The van der Waals surface area contributed by atoms with E-state index in [0.717, 1.165) is 17.0 Å². The minimum absolute atomic E-state index is 0.00417. The fourth-order valence-corrected chi connectivity index (χ4v) is 3.19. The largest absolute Gasteiger partial charge is 0.507 e. The van der Waals surface area contributed by atoms with Crippen LogP contribution in [-0.2, 0) is 20.5 Å². The average molecular weight is 403 g/mol. The molecular formula is C17H16F3NO5S. The van der Waals surface area contributed by atoms with Crippen molar-refractivity contribution in [1.82, 2.24) is 4.90 Å². The Bertz CT molecular complexity index is 791. The monoisotopic (exact) mass is 403 g/mol. The third-order valence-electron chi connectivity index (χ3n) is 3.57. The highest BCUT2D eigenvalue weighted by atomic mass is 32.2. The van der Waals surface area contributed by atoms with Gasteiger partial charge in [-0.05, 0) is 48.9 Å². The van der Waals surface area contributed by atoms with Crippen LogP contribution in [0.25, 0.3) is 6.08 Å². The number of alkyl halides is 3. The molecule has 2 amide bonds. The molecule has 0 aromatic heterocycles. The molecule has 6 nitrogen and oxygen atoms in total.